The van der Waals surface area contributed by atoms with Gasteiger partial charge in [0.25, 0.3) is 11.8 Å². The van der Waals surface area contributed by atoms with Crippen LogP contribution in [0.1, 0.15) is 50.2 Å². The normalized spacial score (nSPS) is 18.3. The first-order chi connectivity index (χ1) is 13.6. The Morgan fingerprint density at radius 3 is 2.39 bits per heavy atom. The van der Waals surface area contributed by atoms with E-state index in [0.29, 0.717) is 61.4 Å². The third-order valence-corrected chi connectivity index (χ3v) is 6.19. The summed E-state index contributed by atoms with van der Waals surface area (Å²) in [5, 5.41) is 3.92. The fourth-order valence-electron chi connectivity index (χ4n) is 3.67. The number of ether oxygens (including phenoxy) is 1. The molecule has 2 aliphatic rings. The molecule has 0 unspecified atom stereocenters. The molecule has 0 saturated carbocycles. The summed E-state index contributed by atoms with van der Waals surface area (Å²) in [6.07, 6.45) is 3.40. The van der Waals surface area contributed by atoms with Gasteiger partial charge in [-0.3, -0.25) is 14.6 Å². The second-order valence-electron chi connectivity index (χ2n) is 7.13. The van der Waals surface area contributed by atoms with Gasteiger partial charge in [-0.15, -0.1) is 5.10 Å². The van der Waals surface area contributed by atoms with Crippen LogP contribution in [0.2, 0.25) is 0 Å². The van der Waals surface area contributed by atoms with Crippen LogP contribution in [0, 0.1) is 6.92 Å². The van der Waals surface area contributed by atoms with Crippen LogP contribution in [0.4, 0.5) is 0 Å². The van der Waals surface area contributed by atoms with Crippen molar-refractivity contribution < 1.29 is 14.3 Å². The van der Waals surface area contributed by atoms with Gasteiger partial charge in [0, 0.05) is 44.0 Å². The monoisotopic (exact) mass is 401 g/mol. The highest BCUT2D eigenvalue weighted by Crippen LogP contribution is 2.28. The molecule has 0 radical (unpaired) electrons. The molecule has 28 heavy (non-hydrogen) atoms. The molecule has 0 spiro atoms. The van der Waals surface area contributed by atoms with E-state index in [-0.39, 0.29) is 11.8 Å². The number of morpholine rings is 1. The summed E-state index contributed by atoms with van der Waals surface area (Å²) in [5.41, 5.74) is 2.30. The minimum absolute atomic E-state index is 0.0105. The molecule has 2 amide bonds. The number of likely N-dealkylation sites (tertiary alicyclic amines) is 1. The fourth-order valence-corrected chi connectivity index (χ4v) is 4.30. The number of carbonyl (C=O) groups excluding carboxylic acids is 2. The lowest BCUT2D eigenvalue weighted by Crippen LogP contribution is -2.40. The van der Waals surface area contributed by atoms with Crippen LogP contribution in [-0.2, 0) is 4.74 Å². The molecule has 0 N–H and O–H groups in total. The smallest absolute Gasteiger partial charge is 0.267 e. The lowest BCUT2D eigenvalue weighted by atomic mass is 9.92. The average Bonchev–Trinajstić information content (AvgIpc) is 3.19. The number of hydrogen-bond donors (Lipinski definition) is 0. The van der Waals surface area contributed by atoms with Gasteiger partial charge >= 0.3 is 0 Å². The van der Waals surface area contributed by atoms with Gasteiger partial charge in [0.1, 0.15) is 4.88 Å². The van der Waals surface area contributed by atoms with E-state index in [4.69, 9.17) is 4.74 Å². The third kappa shape index (κ3) is 3.90. The number of amides is 2. The number of nitrogens with zero attached hydrogens (tertiary/aromatic N) is 5. The third-order valence-electron chi connectivity index (χ3n) is 5.38. The molecule has 2 saturated heterocycles. The van der Waals surface area contributed by atoms with E-state index in [0.717, 1.165) is 30.1 Å². The Kier molecular flexibility index (Phi) is 5.63. The predicted molar refractivity (Wildman–Crippen MR) is 103 cm³/mol. The number of rotatable bonds is 3. The molecule has 0 aliphatic carbocycles. The van der Waals surface area contributed by atoms with Crippen molar-refractivity contribution in [3.05, 3.63) is 40.2 Å². The van der Waals surface area contributed by atoms with Crippen molar-refractivity contribution in [2.24, 2.45) is 0 Å². The van der Waals surface area contributed by atoms with Gasteiger partial charge in [-0.25, -0.2) is 0 Å². The van der Waals surface area contributed by atoms with Gasteiger partial charge < -0.3 is 14.5 Å². The van der Waals surface area contributed by atoms with Crippen LogP contribution >= 0.6 is 11.5 Å². The number of hydrogen-bond acceptors (Lipinski definition) is 7. The molecule has 2 aromatic rings. The Bertz CT molecular complexity index is 840. The zero-order valence-electron chi connectivity index (χ0n) is 15.8. The molecule has 2 aromatic heterocycles. The van der Waals surface area contributed by atoms with Crippen molar-refractivity contribution in [1.29, 1.82) is 0 Å². The van der Waals surface area contributed by atoms with E-state index in [1.807, 2.05) is 24.0 Å². The van der Waals surface area contributed by atoms with Crippen LogP contribution < -0.4 is 0 Å². The van der Waals surface area contributed by atoms with E-state index < -0.39 is 0 Å². The fraction of sp³-hybridized carbons (Fsp3) is 0.526. The van der Waals surface area contributed by atoms with Gasteiger partial charge in [0.15, 0.2) is 0 Å². The highest BCUT2D eigenvalue weighted by Gasteiger charge is 2.27. The van der Waals surface area contributed by atoms with Gasteiger partial charge in [-0.05, 0) is 43.4 Å². The molecule has 0 bridgehead atoms. The van der Waals surface area contributed by atoms with E-state index in [2.05, 4.69) is 14.6 Å². The predicted octanol–water partition coefficient (Wildman–Crippen LogP) is 1.73. The second-order valence-corrected chi connectivity index (χ2v) is 7.88. The molecule has 0 atom stereocenters. The largest absolute Gasteiger partial charge is 0.378 e. The molecule has 4 rings (SSSR count). The van der Waals surface area contributed by atoms with Gasteiger partial charge in [0.2, 0.25) is 0 Å². The topological polar surface area (TPSA) is 88.5 Å². The summed E-state index contributed by atoms with van der Waals surface area (Å²) in [5.74, 6) is 0.332. The highest BCUT2D eigenvalue weighted by atomic mass is 32.1. The maximum absolute atomic E-state index is 12.6. The molecule has 8 nitrogen and oxygen atoms in total. The molecular formula is C19H23N5O3S. The summed E-state index contributed by atoms with van der Waals surface area (Å²) < 4.78 is 9.15. The minimum atomic E-state index is 0.0105. The summed E-state index contributed by atoms with van der Waals surface area (Å²) in [4.78, 5) is 34.0. The summed E-state index contributed by atoms with van der Waals surface area (Å²) in [7, 11) is 0. The molecule has 2 aliphatic heterocycles. The Morgan fingerprint density at radius 2 is 1.79 bits per heavy atom. The average molecular weight is 401 g/mol. The van der Waals surface area contributed by atoms with Crippen molar-refractivity contribution in [1.82, 2.24) is 24.4 Å². The van der Waals surface area contributed by atoms with Gasteiger partial charge in [0.05, 0.1) is 24.5 Å². The van der Waals surface area contributed by atoms with Crippen molar-refractivity contribution in [3.63, 3.8) is 0 Å². The number of piperidine rings is 1. The maximum Gasteiger partial charge on any atom is 0.267 e. The van der Waals surface area contributed by atoms with E-state index >= 15 is 0 Å². The number of aromatic nitrogens is 3. The van der Waals surface area contributed by atoms with Crippen molar-refractivity contribution in [3.8, 4) is 0 Å². The van der Waals surface area contributed by atoms with Gasteiger partial charge in [-0.1, -0.05) is 4.49 Å². The number of carbonyl (C=O) groups is 2. The zero-order valence-corrected chi connectivity index (χ0v) is 16.7. The number of pyridine rings is 1. The lowest BCUT2D eigenvalue weighted by Gasteiger charge is -2.31. The Balaban J connectivity index is 1.35. The van der Waals surface area contributed by atoms with Gasteiger partial charge in [-0.2, -0.15) is 0 Å². The van der Waals surface area contributed by atoms with Crippen molar-refractivity contribution in [2.45, 2.75) is 25.7 Å². The van der Waals surface area contributed by atoms with E-state index in [1.54, 1.807) is 11.1 Å². The van der Waals surface area contributed by atoms with Crippen molar-refractivity contribution in [2.75, 3.05) is 39.4 Å². The minimum Gasteiger partial charge on any atom is -0.378 e. The van der Waals surface area contributed by atoms with Crippen LogP contribution in [0.25, 0.3) is 0 Å². The van der Waals surface area contributed by atoms with Crippen LogP contribution in [0.15, 0.2) is 18.3 Å². The lowest BCUT2D eigenvalue weighted by molar-refractivity contribution is 0.0302. The SMILES string of the molecule is Cc1nnsc1C(=O)N1CCC(c2ccc(C(=O)N3CCOCC3)cn2)CC1. The molecule has 148 valence electrons. The van der Waals surface area contributed by atoms with Crippen LogP contribution in [0.5, 0.6) is 0 Å². The summed E-state index contributed by atoms with van der Waals surface area (Å²) in [6, 6.07) is 3.82. The Hall–Kier alpha value is -2.39. The molecule has 4 heterocycles. The van der Waals surface area contributed by atoms with Crippen LogP contribution in [0.3, 0.4) is 0 Å². The van der Waals surface area contributed by atoms with Crippen molar-refractivity contribution >= 4 is 23.3 Å². The summed E-state index contributed by atoms with van der Waals surface area (Å²) in [6.45, 7) is 5.63. The first kappa shape index (κ1) is 18.9. The van der Waals surface area contributed by atoms with Crippen LogP contribution in [-0.4, -0.2) is 75.6 Å². The molecule has 9 heteroatoms. The highest BCUT2D eigenvalue weighted by molar-refractivity contribution is 7.07. The standard InChI is InChI=1S/C19H23N5O3S/c1-13-17(28-22-21-13)19(26)23-6-4-14(5-7-23)16-3-2-15(12-20-16)18(25)24-8-10-27-11-9-24/h2-3,12,14H,4-11H2,1H3. The molecule has 2 fully saturated rings. The maximum atomic E-state index is 12.6. The zero-order chi connectivity index (χ0) is 19.5. The van der Waals surface area contributed by atoms with E-state index in [1.165, 1.54) is 0 Å². The first-order valence-corrected chi connectivity index (χ1v) is 10.3. The first-order valence-electron chi connectivity index (χ1n) is 9.54. The molecule has 0 aromatic carbocycles. The second kappa shape index (κ2) is 8.32. The van der Waals surface area contributed by atoms with E-state index in [9.17, 15) is 9.59 Å². The number of aryl methyl sites for hydroxylation is 1. The quantitative estimate of drug-likeness (QED) is 0.778. The Labute approximate surface area is 167 Å². The Morgan fingerprint density at radius 1 is 1.07 bits per heavy atom. The summed E-state index contributed by atoms with van der Waals surface area (Å²) >= 11 is 1.16. The molecular weight excluding hydrogens is 378 g/mol.